The van der Waals surface area contributed by atoms with Crippen LogP contribution in [0.1, 0.15) is 34.1 Å². The molecule has 0 amide bonds. The Balaban J connectivity index is 3.42. The Morgan fingerprint density at radius 2 is 0.712 bits per heavy atom. The van der Waals surface area contributed by atoms with Crippen LogP contribution in [0.5, 0.6) is 0 Å². The molecule has 0 aromatic rings. The molecule has 14 nitrogen and oxygen atoms in total. The molecule has 0 aliphatic carbocycles. The molecule has 17 heteroatoms. The van der Waals surface area contributed by atoms with Gasteiger partial charge in [0, 0.05) is 6.61 Å². The lowest BCUT2D eigenvalue weighted by molar-refractivity contribution is -0.0278. The third kappa shape index (κ3) is 34.6. The Morgan fingerprint density at radius 1 is 0.442 bits per heavy atom. The minimum atomic E-state index is -2.24. The first-order valence-electron chi connectivity index (χ1n) is 19.4. The normalized spacial score (nSPS) is 14.1. The molecule has 0 aromatic carbocycles. The molecule has 2 atom stereocenters. The van der Waals surface area contributed by atoms with Crippen LogP contribution < -0.4 is 0 Å². The molecule has 0 aliphatic rings. The molecule has 0 saturated carbocycles. The van der Waals surface area contributed by atoms with E-state index in [-0.39, 0.29) is 6.61 Å². The van der Waals surface area contributed by atoms with Crippen LogP contribution in [0, 0.1) is 0 Å². The Hall–Kier alpha value is 0.0906. The van der Waals surface area contributed by atoms with Gasteiger partial charge in [0.15, 0.2) is 17.4 Å². The van der Waals surface area contributed by atoms with E-state index in [0.29, 0.717) is 156 Å². The third-order valence-electron chi connectivity index (χ3n) is 8.12. The van der Waals surface area contributed by atoms with Crippen LogP contribution in [-0.4, -0.2) is 183 Å². The topological polar surface area (TPSA) is 140 Å². The molecule has 0 aliphatic heterocycles. The van der Waals surface area contributed by atoms with Gasteiger partial charge in [-0.1, -0.05) is 27.7 Å². The van der Waals surface area contributed by atoms with Gasteiger partial charge in [-0.3, -0.25) is 0 Å². The van der Waals surface area contributed by atoms with Crippen molar-refractivity contribution in [2.24, 2.45) is 0 Å². The Kier molecular flexibility index (Phi) is 36.8. The zero-order valence-electron chi connectivity index (χ0n) is 34.2. The van der Waals surface area contributed by atoms with Gasteiger partial charge in [0.1, 0.15) is 0 Å². The molecule has 314 valence electrons. The van der Waals surface area contributed by atoms with E-state index in [1.54, 1.807) is 0 Å². The van der Waals surface area contributed by atoms with E-state index in [0.717, 1.165) is 12.5 Å². The fourth-order valence-corrected chi connectivity index (χ4v) is 16.1. The molecule has 0 aromatic heterocycles. The molecule has 2 unspecified atom stereocenters. The fourth-order valence-electron chi connectivity index (χ4n) is 4.20. The maximum Gasteiger partial charge on any atom is 0.314 e. The van der Waals surface area contributed by atoms with Gasteiger partial charge in [-0.05, 0) is 49.7 Å². The minimum absolute atomic E-state index is 0.0253. The largest absolute Gasteiger partial charge is 0.439 e. The first-order chi connectivity index (χ1) is 25.0. The Labute approximate surface area is 320 Å². The van der Waals surface area contributed by atoms with E-state index in [2.05, 4.69) is 53.9 Å². The Morgan fingerprint density at radius 3 is 0.962 bits per heavy atom. The second kappa shape index (κ2) is 36.7. The molecule has 52 heavy (non-hydrogen) atoms. The van der Waals surface area contributed by atoms with E-state index in [4.69, 9.17) is 65.4 Å². The summed E-state index contributed by atoms with van der Waals surface area (Å²) in [5.74, 6) is 0. The smallest absolute Gasteiger partial charge is 0.314 e. The molecule has 0 spiro atoms. The van der Waals surface area contributed by atoms with Crippen molar-refractivity contribution in [1.82, 2.24) is 0 Å². The van der Waals surface area contributed by atoms with Crippen molar-refractivity contribution in [3.05, 3.63) is 0 Å². The predicted octanol–water partition coefficient (Wildman–Crippen LogP) is 4.04. The van der Waals surface area contributed by atoms with Gasteiger partial charge in [0.25, 0.3) is 0 Å². The summed E-state index contributed by atoms with van der Waals surface area (Å²) in [5, 5.41) is 8.60. The van der Waals surface area contributed by atoms with Crippen molar-refractivity contribution in [2.45, 2.75) is 77.4 Å². The number of hydrogen-bond acceptors (Lipinski definition) is 14. The summed E-state index contributed by atoms with van der Waals surface area (Å²) in [4.78, 5) is 0. The molecule has 0 bridgehead atoms. The highest BCUT2D eigenvalue weighted by atomic mass is 28.5. The summed E-state index contributed by atoms with van der Waals surface area (Å²) in [5.41, 5.74) is 1.16. The highest BCUT2D eigenvalue weighted by molar-refractivity contribution is 6.85. The van der Waals surface area contributed by atoms with Gasteiger partial charge >= 0.3 is 8.56 Å². The quantitative estimate of drug-likeness (QED) is 0.0702. The zero-order valence-corrected chi connectivity index (χ0v) is 37.3. The standard InChI is InChI=1S/C35H78O14Si3/c1-34(2)50(5)48-52(8,49-51(6,7)35(3)4)33-9-11-37-13-15-39-17-19-41-21-23-43-25-27-45-29-31-47-32-30-46-28-26-44-24-22-42-20-18-40-16-14-38-12-10-36/h34-36,50H,9-33H2,1-8H3. The number of aliphatic hydroxyl groups is 1. The Bertz CT molecular complexity index is 745. The molecule has 0 heterocycles. The van der Waals surface area contributed by atoms with Crippen LogP contribution in [0.4, 0.5) is 0 Å². The maximum absolute atomic E-state index is 8.60. The van der Waals surface area contributed by atoms with Crippen LogP contribution >= 0.6 is 0 Å². The van der Waals surface area contributed by atoms with E-state index in [9.17, 15) is 0 Å². The summed E-state index contributed by atoms with van der Waals surface area (Å²) in [6.45, 7) is 29.6. The average Bonchev–Trinajstić information content (AvgIpc) is 3.09. The van der Waals surface area contributed by atoms with E-state index >= 15 is 0 Å². The van der Waals surface area contributed by atoms with Crippen LogP contribution in [0.3, 0.4) is 0 Å². The zero-order chi connectivity index (χ0) is 38.6. The lowest BCUT2D eigenvalue weighted by Gasteiger charge is -2.40. The first kappa shape index (κ1) is 52.1. The molecular formula is C35H78O14Si3. The SMILES string of the molecule is CC(C)[SiH](C)O[Si](C)(CCCOCCOCCOCCOCCOCCOCCOCCOCCOCCOCCOCCO)O[Si](C)(C)C(C)C. The summed E-state index contributed by atoms with van der Waals surface area (Å²) in [6, 6.07) is 0.967. The summed E-state index contributed by atoms with van der Waals surface area (Å²) in [7, 11) is -5.31. The van der Waals surface area contributed by atoms with Crippen LogP contribution in [0.2, 0.25) is 43.3 Å². The van der Waals surface area contributed by atoms with Crippen molar-refractivity contribution >= 4 is 25.9 Å². The number of ether oxygens (including phenoxy) is 11. The average molecular weight is 807 g/mol. The molecule has 0 fully saturated rings. The second-order valence-corrected chi connectivity index (χ2v) is 25.3. The van der Waals surface area contributed by atoms with Crippen molar-refractivity contribution in [1.29, 1.82) is 0 Å². The molecule has 0 saturated heterocycles. The number of rotatable bonds is 42. The van der Waals surface area contributed by atoms with Gasteiger partial charge < -0.3 is 65.4 Å². The lowest BCUT2D eigenvalue weighted by Crippen LogP contribution is -2.52. The van der Waals surface area contributed by atoms with Crippen LogP contribution in [0.15, 0.2) is 0 Å². The van der Waals surface area contributed by atoms with Crippen molar-refractivity contribution in [3.8, 4) is 0 Å². The van der Waals surface area contributed by atoms with Gasteiger partial charge in [0.2, 0.25) is 0 Å². The summed E-state index contributed by atoms with van der Waals surface area (Å²) >= 11 is 0. The van der Waals surface area contributed by atoms with Crippen molar-refractivity contribution < 1.29 is 65.4 Å². The van der Waals surface area contributed by atoms with Gasteiger partial charge in [-0.15, -0.1) is 0 Å². The summed E-state index contributed by atoms with van der Waals surface area (Å²) in [6.07, 6.45) is 0.946. The fraction of sp³-hybridized carbons (Fsp3) is 1.00. The number of hydrogen-bond donors (Lipinski definition) is 1. The number of aliphatic hydroxyl groups excluding tert-OH is 1. The highest BCUT2D eigenvalue weighted by Crippen LogP contribution is 2.30. The first-order valence-corrected chi connectivity index (χ1v) is 27.2. The van der Waals surface area contributed by atoms with Crippen LogP contribution in [0.25, 0.3) is 0 Å². The van der Waals surface area contributed by atoms with Crippen LogP contribution in [-0.2, 0) is 60.3 Å². The summed E-state index contributed by atoms with van der Waals surface area (Å²) < 4.78 is 73.9. The van der Waals surface area contributed by atoms with E-state index in [1.807, 2.05) is 0 Å². The third-order valence-corrected chi connectivity index (χ3v) is 21.4. The van der Waals surface area contributed by atoms with E-state index in [1.165, 1.54) is 0 Å². The maximum atomic E-state index is 8.60. The van der Waals surface area contributed by atoms with Gasteiger partial charge in [-0.25, -0.2) is 0 Å². The minimum Gasteiger partial charge on any atom is -0.439 e. The second-order valence-electron chi connectivity index (χ2n) is 13.6. The van der Waals surface area contributed by atoms with Crippen molar-refractivity contribution in [2.75, 3.05) is 152 Å². The predicted molar refractivity (Wildman–Crippen MR) is 210 cm³/mol. The highest BCUT2D eigenvalue weighted by Gasteiger charge is 2.41. The molecule has 0 radical (unpaired) electrons. The van der Waals surface area contributed by atoms with Crippen molar-refractivity contribution in [3.63, 3.8) is 0 Å². The van der Waals surface area contributed by atoms with Gasteiger partial charge in [-0.2, -0.15) is 0 Å². The van der Waals surface area contributed by atoms with Gasteiger partial charge in [0.05, 0.1) is 145 Å². The molecule has 0 rings (SSSR count). The lowest BCUT2D eigenvalue weighted by atomic mass is 10.5. The molecule has 1 N–H and O–H groups in total. The van der Waals surface area contributed by atoms with E-state index < -0.39 is 25.9 Å². The molecular weight excluding hydrogens is 729 g/mol. The monoisotopic (exact) mass is 806 g/mol.